The van der Waals surface area contributed by atoms with Crippen LogP contribution in [-0.4, -0.2) is 63.3 Å². The Bertz CT molecular complexity index is 1230. The lowest BCUT2D eigenvalue weighted by atomic mass is 10.0. The summed E-state index contributed by atoms with van der Waals surface area (Å²) in [6.07, 6.45) is 6.24. The number of nitrogens with zero attached hydrogens (tertiary/aromatic N) is 4. The number of aromatic amines is 1. The van der Waals surface area contributed by atoms with Gasteiger partial charge >= 0.3 is 6.03 Å². The summed E-state index contributed by atoms with van der Waals surface area (Å²) < 4.78 is 19.9. The van der Waals surface area contributed by atoms with Crippen LogP contribution in [0.15, 0.2) is 42.7 Å². The van der Waals surface area contributed by atoms with E-state index in [-0.39, 0.29) is 23.9 Å². The Morgan fingerprint density at radius 1 is 1.26 bits per heavy atom. The van der Waals surface area contributed by atoms with Crippen molar-refractivity contribution in [2.45, 2.75) is 44.4 Å². The van der Waals surface area contributed by atoms with Crippen LogP contribution in [0.25, 0.3) is 11.3 Å². The largest absolute Gasteiger partial charge is 0.496 e. The minimum atomic E-state index is -0.248. The summed E-state index contributed by atoms with van der Waals surface area (Å²) in [5.41, 5.74) is 4.61. The van der Waals surface area contributed by atoms with Gasteiger partial charge < -0.3 is 15.0 Å². The third-order valence-electron chi connectivity index (χ3n) is 7.73. The fraction of sp³-hybridized carbons (Fsp3) is 0.423. The fourth-order valence-electron chi connectivity index (χ4n) is 6.03. The highest BCUT2D eigenvalue weighted by molar-refractivity contribution is 5.76. The van der Waals surface area contributed by atoms with Gasteiger partial charge in [0.1, 0.15) is 11.6 Å². The van der Waals surface area contributed by atoms with Gasteiger partial charge in [-0.25, -0.2) is 9.18 Å². The second kappa shape index (κ2) is 8.96. The first-order chi connectivity index (χ1) is 17.1. The maximum Gasteiger partial charge on any atom is 0.317 e. The predicted octanol–water partition coefficient (Wildman–Crippen LogP) is 3.35. The molecule has 1 saturated carbocycles. The average molecular weight is 477 g/mol. The lowest BCUT2D eigenvalue weighted by molar-refractivity contribution is 0.149. The molecule has 0 spiro atoms. The molecule has 3 aromatic rings. The van der Waals surface area contributed by atoms with Crippen molar-refractivity contribution in [3.8, 4) is 17.0 Å². The molecule has 3 unspecified atom stereocenters. The van der Waals surface area contributed by atoms with Gasteiger partial charge in [-0.2, -0.15) is 5.10 Å². The van der Waals surface area contributed by atoms with Gasteiger partial charge in [-0.3, -0.25) is 15.0 Å². The number of fused-ring (bicyclic) bond motifs is 3. The van der Waals surface area contributed by atoms with Crippen LogP contribution >= 0.6 is 0 Å². The van der Waals surface area contributed by atoms with E-state index < -0.39 is 0 Å². The van der Waals surface area contributed by atoms with Crippen LogP contribution in [0.4, 0.5) is 9.18 Å². The highest BCUT2D eigenvalue weighted by atomic mass is 19.1. The first kappa shape index (κ1) is 22.0. The summed E-state index contributed by atoms with van der Waals surface area (Å²) >= 11 is 0. The Labute approximate surface area is 203 Å². The minimum absolute atomic E-state index is 0.0431. The van der Waals surface area contributed by atoms with E-state index in [2.05, 4.69) is 25.4 Å². The Morgan fingerprint density at radius 3 is 2.91 bits per heavy atom. The average Bonchev–Trinajstić information content (AvgIpc) is 3.59. The Kier molecular flexibility index (Phi) is 5.64. The maximum atomic E-state index is 14.5. The molecule has 2 aromatic heterocycles. The zero-order chi connectivity index (χ0) is 23.9. The third kappa shape index (κ3) is 4.03. The van der Waals surface area contributed by atoms with Crippen molar-refractivity contribution in [3.63, 3.8) is 0 Å². The van der Waals surface area contributed by atoms with Gasteiger partial charge in [-0.1, -0.05) is 6.07 Å². The van der Waals surface area contributed by atoms with Crippen molar-refractivity contribution >= 4 is 6.03 Å². The number of carbonyl (C=O) groups is 1. The van der Waals surface area contributed by atoms with Crippen molar-refractivity contribution in [1.29, 1.82) is 0 Å². The molecule has 4 heterocycles. The number of methoxy groups -OCH3 is 1. The number of pyridine rings is 1. The molecule has 2 amide bonds. The standard InChI is InChI=1S/C26H29FN6O2/c1-35-24-4-2-3-20(27)18(24)14-33-13-16-11-22(23(33)12-16)29-26(34)32-10-7-21-19(15-32)25(31-30-21)17-5-8-28-9-6-17/h2-6,8-9,16,22-23H,7,10-15H2,1H3,(H,29,34)(H,30,31). The molecule has 0 radical (unpaired) electrons. The fourth-order valence-corrected chi connectivity index (χ4v) is 6.03. The first-order valence-corrected chi connectivity index (χ1v) is 12.2. The van der Waals surface area contributed by atoms with Crippen LogP contribution in [0.5, 0.6) is 5.75 Å². The molecule has 1 aliphatic carbocycles. The molecule has 1 aromatic carbocycles. The molecule has 3 aliphatic rings. The molecule has 2 aliphatic heterocycles. The van der Waals surface area contributed by atoms with Crippen molar-refractivity contribution in [2.24, 2.45) is 5.92 Å². The zero-order valence-corrected chi connectivity index (χ0v) is 19.7. The number of urea groups is 1. The second-order valence-corrected chi connectivity index (χ2v) is 9.75. The molecule has 182 valence electrons. The van der Waals surface area contributed by atoms with E-state index in [9.17, 15) is 9.18 Å². The van der Waals surface area contributed by atoms with E-state index in [1.807, 2.05) is 17.0 Å². The van der Waals surface area contributed by atoms with Crippen LogP contribution in [0, 0.1) is 11.7 Å². The zero-order valence-electron chi connectivity index (χ0n) is 19.7. The van der Waals surface area contributed by atoms with E-state index in [4.69, 9.17) is 4.74 Å². The number of piperidine rings is 1. The van der Waals surface area contributed by atoms with Gasteiger partial charge in [0.05, 0.1) is 19.3 Å². The predicted molar refractivity (Wildman–Crippen MR) is 128 cm³/mol. The number of rotatable bonds is 5. The van der Waals surface area contributed by atoms with Crippen molar-refractivity contribution in [2.75, 3.05) is 20.2 Å². The summed E-state index contributed by atoms with van der Waals surface area (Å²) in [5.74, 6) is 0.840. The molecular weight excluding hydrogens is 447 g/mol. The lowest BCUT2D eigenvalue weighted by Crippen LogP contribution is -2.53. The van der Waals surface area contributed by atoms with Crippen LogP contribution < -0.4 is 10.1 Å². The molecule has 2 N–H and O–H groups in total. The SMILES string of the molecule is COc1cccc(F)c1CN1CC2CC(NC(=O)N3CCc4[nH]nc(-c5ccncc5)c4C3)C1C2. The van der Waals surface area contributed by atoms with Gasteiger partial charge in [0, 0.05) is 72.9 Å². The lowest BCUT2D eigenvalue weighted by Gasteiger charge is -2.36. The number of hydrogen-bond donors (Lipinski definition) is 2. The Hall–Kier alpha value is -3.46. The van der Waals surface area contributed by atoms with Crippen molar-refractivity contribution in [3.05, 3.63) is 65.4 Å². The number of nitrogens with one attached hydrogen (secondary N) is 2. The molecular formula is C26H29FN6O2. The van der Waals surface area contributed by atoms with Crippen LogP contribution in [0.2, 0.25) is 0 Å². The van der Waals surface area contributed by atoms with Gasteiger partial charge in [-0.05, 0) is 43.0 Å². The number of hydrogen-bond acceptors (Lipinski definition) is 5. The van der Waals surface area contributed by atoms with Crippen molar-refractivity contribution < 1.29 is 13.9 Å². The summed E-state index contributed by atoms with van der Waals surface area (Å²) in [7, 11) is 1.57. The Balaban J connectivity index is 1.14. The third-order valence-corrected chi connectivity index (χ3v) is 7.73. The highest BCUT2D eigenvalue weighted by Gasteiger charge is 2.46. The summed E-state index contributed by atoms with van der Waals surface area (Å²) in [4.78, 5) is 21.6. The molecule has 6 rings (SSSR count). The number of benzene rings is 1. The summed E-state index contributed by atoms with van der Waals surface area (Å²) in [6.45, 7) is 2.58. The quantitative estimate of drug-likeness (QED) is 0.590. The van der Waals surface area contributed by atoms with Gasteiger partial charge in [-0.15, -0.1) is 0 Å². The van der Waals surface area contributed by atoms with Crippen LogP contribution in [0.3, 0.4) is 0 Å². The smallest absolute Gasteiger partial charge is 0.317 e. The number of amides is 2. The maximum absolute atomic E-state index is 14.5. The van der Waals surface area contributed by atoms with E-state index in [0.717, 1.165) is 48.3 Å². The minimum Gasteiger partial charge on any atom is -0.496 e. The Morgan fingerprint density at radius 2 is 2.11 bits per heavy atom. The van der Waals surface area contributed by atoms with Gasteiger partial charge in [0.25, 0.3) is 0 Å². The van der Waals surface area contributed by atoms with E-state index >= 15 is 0 Å². The van der Waals surface area contributed by atoms with Crippen LogP contribution in [0.1, 0.15) is 29.7 Å². The normalized spacial score (nSPS) is 23.4. The van der Waals surface area contributed by atoms with E-state index in [0.29, 0.717) is 36.9 Å². The molecule has 8 nitrogen and oxygen atoms in total. The van der Waals surface area contributed by atoms with Gasteiger partial charge in [0.15, 0.2) is 0 Å². The van der Waals surface area contributed by atoms with Crippen LogP contribution in [-0.2, 0) is 19.5 Å². The van der Waals surface area contributed by atoms with Crippen molar-refractivity contribution in [1.82, 2.24) is 30.3 Å². The highest BCUT2D eigenvalue weighted by Crippen LogP contribution is 2.40. The monoisotopic (exact) mass is 476 g/mol. The number of aromatic nitrogens is 3. The number of H-pyrrole nitrogens is 1. The molecule has 9 heteroatoms. The van der Waals surface area contributed by atoms with E-state index in [1.165, 1.54) is 6.07 Å². The van der Waals surface area contributed by atoms with E-state index in [1.54, 1.807) is 31.6 Å². The molecule has 2 fully saturated rings. The second-order valence-electron chi connectivity index (χ2n) is 9.75. The van der Waals surface area contributed by atoms with Gasteiger partial charge in [0.2, 0.25) is 0 Å². The molecule has 3 atom stereocenters. The topological polar surface area (TPSA) is 86.4 Å². The first-order valence-electron chi connectivity index (χ1n) is 12.2. The molecule has 1 saturated heterocycles. The summed E-state index contributed by atoms with van der Waals surface area (Å²) in [6, 6.07) is 9.03. The molecule has 35 heavy (non-hydrogen) atoms. The molecule has 2 bridgehead atoms. The summed E-state index contributed by atoms with van der Waals surface area (Å²) in [5, 5.41) is 11.0. The number of ether oxygens (including phenoxy) is 1. The number of halogens is 1. The number of carbonyl (C=O) groups excluding carboxylic acids is 1. The number of likely N-dealkylation sites (tertiary alicyclic amines) is 1.